The lowest BCUT2D eigenvalue weighted by atomic mass is 10.0. The van der Waals surface area contributed by atoms with Crippen molar-refractivity contribution in [3.05, 3.63) is 60.4 Å². The van der Waals surface area contributed by atoms with Crippen LogP contribution < -0.4 is 5.32 Å². The van der Waals surface area contributed by atoms with Crippen LogP contribution in [0, 0.1) is 11.3 Å². The lowest BCUT2D eigenvalue weighted by Crippen LogP contribution is -2.45. The van der Waals surface area contributed by atoms with E-state index >= 15 is 0 Å². The molecule has 1 aliphatic carbocycles. The molecule has 2 heterocycles. The fraction of sp³-hybridized carbons (Fsp3) is 0.318. The largest absolute Gasteiger partial charge is 0.337 e. The maximum atomic E-state index is 12.5. The summed E-state index contributed by atoms with van der Waals surface area (Å²) in [5.41, 5.74) is 1.32. The normalized spacial score (nSPS) is 14.9. The molecule has 152 valence electrons. The van der Waals surface area contributed by atoms with Gasteiger partial charge in [0.1, 0.15) is 5.54 Å². The number of aromatic nitrogens is 4. The van der Waals surface area contributed by atoms with Crippen LogP contribution in [0.4, 0.5) is 0 Å². The third kappa shape index (κ3) is 4.52. The van der Waals surface area contributed by atoms with Gasteiger partial charge in [-0.1, -0.05) is 42.1 Å². The molecule has 0 unspecified atom stereocenters. The van der Waals surface area contributed by atoms with E-state index in [0.29, 0.717) is 11.7 Å². The van der Waals surface area contributed by atoms with Crippen LogP contribution in [0.15, 0.2) is 60.0 Å². The number of carbonyl (C=O) groups excluding carboxylic acids is 1. The molecule has 0 atom stereocenters. The van der Waals surface area contributed by atoms with E-state index in [9.17, 15) is 10.1 Å². The summed E-state index contributed by atoms with van der Waals surface area (Å²) in [4.78, 5) is 16.6. The first-order valence-corrected chi connectivity index (χ1v) is 10.9. The highest BCUT2D eigenvalue weighted by molar-refractivity contribution is 7.99. The number of hydrogen-bond acceptors (Lipinski definition) is 6. The Bertz CT molecular complexity index is 1040. The van der Waals surface area contributed by atoms with Crippen molar-refractivity contribution in [3.63, 3.8) is 0 Å². The fourth-order valence-corrected chi connectivity index (χ4v) is 4.43. The van der Waals surface area contributed by atoms with Crippen molar-refractivity contribution in [2.24, 2.45) is 0 Å². The summed E-state index contributed by atoms with van der Waals surface area (Å²) in [5.74, 6) is 0.767. The number of thioether (sulfide) groups is 1. The van der Waals surface area contributed by atoms with E-state index in [1.54, 1.807) is 12.4 Å². The van der Waals surface area contributed by atoms with Crippen LogP contribution >= 0.6 is 11.8 Å². The smallest absolute Gasteiger partial charge is 0.231 e. The Morgan fingerprint density at radius 2 is 1.87 bits per heavy atom. The molecule has 0 bridgehead atoms. The average Bonchev–Trinajstić information content (AvgIpc) is 3.41. The zero-order valence-corrected chi connectivity index (χ0v) is 17.3. The van der Waals surface area contributed by atoms with Crippen LogP contribution in [0.1, 0.15) is 31.2 Å². The highest BCUT2D eigenvalue weighted by Gasteiger charge is 2.35. The van der Waals surface area contributed by atoms with Crippen LogP contribution in [0.25, 0.3) is 11.4 Å². The molecule has 8 heteroatoms. The first-order valence-electron chi connectivity index (χ1n) is 9.92. The van der Waals surface area contributed by atoms with Gasteiger partial charge < -0.3 is 5.32 Å². The van der Waals surface area contributed by atoms with Gasteiger partial charge in [-0.2, -0.15) is 5.26 Å². The van der Waals surface area contributed by atoms with E-state index in [1.807, 2.05) is 47.0 Å². The summed E-state index contributed by atoms with van der Waals surface area (Å²) >= 11 is 1.33. The van der Waals surface area contributed by atoms with E-state index in [0.717, 1.165) is 42.6 Å². The SMILES string of the molecule is N#CC1(NC(=O)CSc2nnc(-c3ccncc3)n2Cc2ccccc2)CCCC1. The minimum absolute atomic E-state index is 0.150. The molecule has 0 aliphatic heterocycles. The lowest BCUT2D eigenvalue weighted by molar-refractivity contribution is -0.119. The number of nitrogens with zero attached hydrogens (tertiary/aromatic N) is 5. The minimum atomic E-state index is -0.711. The topological polar surface area (TPSA) is 96.5 Å². The van der Waals surface area contributed by atoms with E-state index in [1.165, 1.54) is 11.8 Å². The molecule has 0 radical (unpaired) electrons. The maximum absolute atomic E-state index is 12.5. The predicted octanol–water partition coefficient (Wildman–Crippen LogP) is 3.43. The Kier molecular flexibility index (Phi) is 6.10. The number of rotatable bonds is 7. The highest BCUT2D eigenvalue weighted by atomic mass is 32.2. The van der Waals surface area contributed by atoms with Crippen molar-refractivity contribution < 1.29 is 4.79 Å². The number of amides is 1. The van der Waals surface area contributed by atoms with E-state index in [2.05, 4.69) is 26.6 Å². The number of pyridine rings is 1. The Morgan fingerprint density at radius 1 is 1.13 bits per heavy atom. The summed E-state index contributed by atoms with van der Waals surface area (Å²) in [6.45, 7) is 0.595. The summed E-state index contributed by atoms with van der Waals surface area (Å²) < 4.78 is 2.01. The van der Waals surface area contributed by atoms with Crippen molar-refractivity contribution in [2.45, 2.75) is 42.9 Å². The number of nitriles is 1. The molecule has 1 fully saturated rings. The molecule has 1 aromatic carbocycles. The van der Waals surface area contributed by atoms with Gasteiger partial charge in [0, 0.05) is 18.0 Å². The van der Waals surface area contributed by atoms with Crippen LogP contribution in [0.5, 0.6) is 0 Å². The van der Waals surface area contributed by atoms with Crippen molar-refractivity contribution >= 4 is 17.7 Å². The van der Waals surface area contributed by atoms with Gasteiger partial charge in [0.2, 0.25) is 5.91 Å². The molecule has 1 amide bonds. The molecule has 3 aromatic rings. The Balaban J connectivity index is 1.53. The molecule has 30 heavy (non-hydrogen) atoms. The second kappa shape index (κ2) is 9.09. The zero-order valence-electron chi connectivity index (χ0n) is 16.5. The minimum Gasteiger partial charge on any atom is -0.337 e. The second-order valence-corrected chi connectivity index (χ2v) is 8.29. The molecule has 1 aliphatic rings. The monoisotopic (exact) mass is 418 g/mol. The van der Waals surface area contributed by atoms with Gasteiger partial charge in [-0.3, -0.25) is 14.3 Å². The molecular weight excluding hydrogens is 396 g/mol. The third-order valence-electron chi connectivity index (χ3n) is 5.22. The fourth-order valence-electron chi connectivity index (χ4n) is 3.69. The Labute approximate surface area is 179 Å². The third-order valence-corrected chi connectivity index (χ3v) is 6.19. The van der Waals surface area contributed by atoms with Gasteiger partial charge in [0.25, 0.3) is 0 Å². The first-order chi connectivity index (χ1) is 14.7. The second-order valence-electron chi connectivity index (χ2n) is 7.35. The van der Waals surface area contributed by atoms with Crippen LogP contribution in [0.2, 0.25) is 0 Å². The van der Waals surface area contributed by atoms with Crippen LogP contribution in [-0.2, 0) is 11.3 Å². The van der Waals surface area contributed by atoms with Crippen molar-refractivity contribution in [3.8, 4) is 17.5 Å². The summed E-state index contributed by atoms with van der Waals surface area (Å²) in [6, 6.07) is 16.1. The molecule has 2 aromatic heterocycles. The molecule has 0 saturated heterocycles. The molecule has 1 N–H and O–H groups in total. The first kappa shape index (κ1) is 20.1. The van der Waals surface area contributed by atoms with Gasteiger partial charge in [0.15, 0.2) is 11.0 Å². The van der Waals surface area contributed by atoms with Gasteiger partial charge in [-0.25, -0.2) is 0 Å². The summed E-state index contributed by atoms with van der Waals surface area (Å²) in [6.07, 6.45) is 6.83. The molecular formula is C22H22N6OS. The van der Waals surface area contributed by atoms with Crippen LogP contribution in [0.3, 0.4) is 0 Å². The van der Waals surface area contributed by atoms with E-state index in [-0.39, 0.29) is 11.7 Å². The Hall–Kier alpha value is -3.18. The van der Waals surface area contributed by atoms with Crippen molar-refractivity contribution in [1.82, 2.24) is 25.1 Å². The molecule has 0 spiro atoms. The van der Waals surface area contributed by atoms with Gasteiger partial charge in [-0.15, -0.1) is 10.2 Å². The molecule has 7 nitrogen and oxygen atoms in total. The zero-order chi connectivity index (χ0) is 20.8. The van der Waals surface area contributed by atoms with Gasteiger partial charge in [0.05, 0.1) is 18.4 Å². The summed E-state index contributed by atoms with van der Waals surface area (Å²) in [5, 5.41) is 21.8. The van der Waals surface area contributed by atoms with Crippen LogP contribution in [-0.4, -0.2) is 36.9 Å². The van der Waals surface area contributed by atoms with E-state index < -0.39 is 5.54 Å². The predicted molar refractivity (Wildman–Crippen MR) is 114 cm³/mol. The van der Waals surface area contributed by atoms with Crippen molar-refractivity contribution in [2.75, 3.05) is 5.75 Å². The van der Waals surface area contributed by atoms with E-state index in [4.69, 9.17) is 0 Å². The number of benzene rings is 1. The average molecular weight is 419 g/mol. The quantitative estimate of drug-likeness (QED) is 0.591. The molecule has 4 rings (SSSR count). The van der Waals surface area contributed by atoms with Gasteiger partial charge in [-0.05, 0) is 43.4 Å². The standard InChI is InChI=1S/C22H22N6OS/c23-16-22(10-4-5-11-22)25-19(29)15-30-21-27-26-20(18-8-12-24-13-9-18)28(21)14-17-6-2-1-3-7-17/h1-3,6-9,12-13H,4-5,10-11,14-15H2,(H,25,29). The number of carbonyl (C=O) groups is 1. The maximum Gasteiger partial charge on any atom is 0.231 e. The Morgan fingerprint density at radius 3 is 2.57 bits per heavy atom. The van der Waals surface area contributed by atoms with Gasteiger partial charge >= 0.3 is 0 Å². The summed E-state index contributed by atoms with van der Waals surface area (Å²) in [7, 11) is 0. The lowest BCUT2D eigenvalue weighted by Gasteiger charge is -2.21. The number of hydrogen-bond donors (Lipinski definition) is 1. The van der Waals surface area contributed by atoms with Crippen molar-refractivity contribution in [1.29, 1.82) is 5.26 Å². The highest BCUT2D eigenvalue weighted by Crippen LogP contribution is 2.29. The number of nitrogens with one attached hydrogen (secondary N) is 1. The molecule has 1 saturated carbocycles.